The first kappa shape index (κ1) is 10.9. The highest BCUT2D eigenvalue weighted by atomic mass is 32.1. The average Bonchev–Trinajstić information content (AvgIpc) is 2.74. The van der Waals surface area contributed by atoms with Gasteiger partial charge in [-0.15, -0.1) is 11.3 Å². The van der Waals surface area contributed by atoms with Gasteiger partial charge in [0.2, 0.25) is 0 Å². The fourth-order valence-corrected chi connectivity index (χ4v) is 2.76. The van der Waals surface area contributed by atoms with E-state index in [-0.39, 0.29) is 5.75 Å². The number of nitrogens with two attached hydrogens (primary N) is 2. The zero-order valence-corrected chi connectivity index (χ0v) is 10.2. The lowest BCUT2D eigenvalue weighted by Gasteiger charge is -2.01. The summed E-state index contributed by atoms with van der Waals surface area (Å²) in [5, 5.41) is 10.6. The van der Waals surface area contributed by atoms with Crippen LogP contribution in [0, 0.1) is 0 Å². The lowest BCUT2D eigenvalue weighted by atomic mass is 10.2. The first-order valence-electron chi connectivity index (χ1n) is 5.38. The van der Waals surface area contributed by atoms with Gasteiger partial charge in [0.15, 0.2) is 0 Å². The van der Waals surface area contributed by atoms with Crippen LogP contribution in [0.1, 0.15) is 0 Å². The Balaban J connectivity index is 2.22. The summed E-state index contributed by atoms with van der Waals surface area (Å²) in [6.45, 7) is 0. The molecule has 0 saturated carbocycles. The standard InChI is InChI=1S/C13H11N3OS/c14-7-1-3-11(17)9(5-7)13-16-10-6-8(15)2-4-12(10)18-13/h1-6,17H,14-15H2. The van der Waals surface area contributed by atoms with Crippen molar-refractivity contribution in [2.75, 3.05) is 11.5 Å². The fourth-order valence-electron chi connectivity index (χ4n) is 1.78. The second-order valence-corrected chi connectivity index (χ2v) is 5.05. The summed E-state index contributed by atoms with van der Waals surface area (Å²) in [5.74, 6) is 0.177. The van der Waals surface area contributed by atoms with E-state index in [0.29, 0.717) is 16.9 Å². The van der Waals surface area contributed by atoms with E-state index >= 15 is 0 Å². The van der Waals surface area contributed by atoms with Gasteiger partial charge in [-0.05, 0) is 36.4 Å². The molecular weight excluding hydrogens is 246 g/mol. The van der Waals surface area contributed by atoms with Gasteiger partial charge in [0, 0.05) is 11.4 Å². The van der Waals surface area contributed by atoms with Crippen molar-refractivity contribution >= 4 is 32.9 Å². The number of nitrogens with zero attached hydrogens (tertiary/aromatic N) is 1. The van der Waals surface area contributed by atoms with Crippen LogP contribution in [0.4, 0.5) is 11.4 Å². The minimum atomic E-state index is 0.177. The molecule has 18 heavy (non-hydrogen) atoms. The predicted octanol–water partition coefficient (Wildman–Crippen LogP) is 2.83. The summed E-state index contributed by atoms with van der Waals surface area (Å²) in [7, 11) is 0. The van der Waals surface area contributed by atoms with E-state index in [9.17, 15) is 5.11 Å². The van der Waals surface area contributed by atoms with Crippen molar-refractivity contribution in [1.29, 1.82) is 0 Å². The second kappa shape index (κ2) is 3.89. The summed E-state index contributed by atoms with van der Waals surface area (Å²) in [6.07, 6.45) is 0. The maximum atomic E-state index is 9.85. The molecule has 90 valence electrons. The minimum absolute atomic E-state index is 0.177. The Morgan fingerprint density at radius 2 is 1.72 bits per heavy atom. The van der Waals surface area contributed by atoms with Crippen LogP contribution >= 0.6 is 11.3 Å². The van der Waals surface area contributed by atoms with Crippen molar-refractivity contribution in [2.45, 2.75) is 0 Å². The van der Waals surface area contributed by atoms with E-state index in [4.69, 9.17) is 11.5 Å². The number of nitrogen functional groups attached to an aromatic ring is 2. The number of phenols is 1. The van der Waals surface area contributed by atoms with Crippen LogP contribution in [-0.2, 0) is 0 Å². The molecule has 0 radical (unpaired) electrons. The Labute approximate surface area is 108 Å². The van der Waals surface area contributed by atoms with Crippen LogP contribution in [0.5, 0.6) is 5.75 Å². The third-order valence-electron chi connectivity index (χ3n) is 2.66. The number of rotatable bonds is 1. The van der Waals surface area contributed by atoms with Gasteiger partial charge in [0.25, 0.3) is 0 Å². The maximum absolute atomic E-state index is 9.85. The molecule has 1 heterocycles. The molecule has 0 aliphatic rings. The summed E-state index contributed by atoms with van der Waals surface area (Å²) < 4.78 is 1.03. The molecule has 0 spiro atoms. The lowest BCUT2D eigenvalue weighted by molar-refractivity contribution is 0.477. The average molecular weight is 257 g/mol. The largest absolute Gasteiger partial charge is 0.507 e. The molecule has 4 nitrogen and oxygen atoms in total. The molecule has 2 aromatic carbocycles. The van der Waals surface area contributed by atoms with E-state index in [0.717, 1.165) is 15.2 Å². The zero-order valence-electron chi connectivity index (χ0n) is 9.42. The van der Waals surface area contributed by atoms with Gasteiger partial charge < -0.3 is 16.6 Å². The molecule has 0 aliphatic carbocycles. The van der Waals surface area contributed by atoms with Gasteiger partial charge in [-0.2, -0.15) is 0 Å². The number of aromatic nitrogens is 1. The van der Waals surface area contributed by atoms with Crippen molar-refractivity contribution in [3.63, 3.8) is 0 Å². The number of benzene rings is 2. The molecule has 0 amide bonds. The van der Waals surface area contributed by atoms with E-state index in [1.165, 1.54) is 11.3 Å². The van der Waals surface area contributed by atoms with Crippen molar-refractivity contribution in [3.05, 3.63) is 36.4 Å². The first-order valence-corrected chi connectivity index (χ1v) is 6.20. The van der Waals surface area contributed by atoms with Gasteiger partial charge in [-0.1, -0.05) is 0 Å². The number of fused-ring (bicyclic) bond motifs is 1. The third-order valence-corrected chi connectivity index (χ3v) is 3.73. The molecule has 3 aromatic rings. The molecule has 0 fully saturated rings. The van der Waals surface area contributed by atoms with E-state index in [1.807, 2.05) is 18.2 Å². The number of thiazole rings is 1. The van der Waals surface area contributed by atoms with E-state index in [2.05, 4.69) is 4.98 Å². The smallest absolute Gasteiger partial charge is 0.128 e. The summed E-state index contributed by atoms with van der Waals surface area (Å²) in [4.78, 5) is 4.47. The van der Waals surface area contributed by atoms with Crippen molar-refractivity contribution in [2.24, 2.45) is 0 Å². The number of hydrogen-bond acceptors (Lipinski definition) is 5. The van der Waals surface area contributed by atoms with E-state index < -0.39 is 0 Å². The van der Waals surface area contributed by atoms with Crippen LogP contribution in [0.15, 0.2) is 36.4 Å². The van der Waals surface area contributed by atoms with Crippen molar-refractivity contribution in [3.8, 4) is 16.3 Å². The number of phenolic OH excluding ortho intramolecular Hbond substituents is 1. The fraction of sp³-hybridized carbons (Fsp3) is 0. The Bertz CT molecular complexity index is 736. The monoisotopic (exact) mass is 257 g/mol. The number of anilines is 2. The molecule has 0 saturated heterocycles. The number of aromatic hydroxyl groups is 1. The van der Waals surface area contributed by atoms with Crippen LogP contribution in [0.3, 0.4) is 0 Å². The van der Waals surface area contributed by atoms with Crippen LogP contribution in [0.25, 0.3) is 20.8 Å². The predicted molar refractivity (Wildman–Crippen MR) is 75.5 cm³/mol. The molecule has 5 heteroatoms. The molecule has 5 N–H and O–H groups in total. The van der Waals surface area contributed by atoms with Crippen LogP contribution in [0.2, 0.25) is 0 Å². The molecular formula is C13H11N3OS. The normalized spacial score (nSPS) is 10.9. The summed E-state index contributed by atoms with van der Waals surface area (Å²) >= 11 is 1.50. The highest BCUT2D eigenvalue weighted by Crippen LogP contribution is 2.36. The number of hydrogen-bond donors (Lipinski definition) is 3. The molecule has 0 aliphatic heterocycles. The minimum Gasteiger partial charge on any atom is -0.507 e. The lowest BCUT2D eigenvalue weighted by Crippen LogP contribution is -1.86. The molecule has 0 atom stereocenters. The van der Waals surface area contributed by atoms with Crippen LogP contribution < -0.4 is 11.5 Å². The molecule has 0 unspecified atom stereocenters. The van der Waals surface area contributed by atoms with Gasteiger partial charge in [-0.3, -0.25) is 0 Å². The Morgan fingerprint density at radius 1 is 1.00 bits per heavy atom. The topological polar surface area (TPSA) is 85.2 Å². The second-order valence-electron chi connectivity index (χ2n) is 4.02. The SMILES string of the molecule is Nc1ccc(O)c(-c2nc3cc(N)ccc3s2)c1. The third kappa shape index (κ3) is 1.74. The van der Waals surface area contributed by atoms with Gasteiger partial charge in [0.05, 0.1) is 15.8 Å². The summed E-state index contributed by atoms with van der Waals surface area (Å²) in [5.41, 5.74) is 14.2. The Morgan fingerprint density at radius 3 is 2.56 bits per heavy atom. The zero-order chi connectivity index (χ0) is 12.7. The Kier molecular flexibility index (Phi) is 2.34. The van der Waals surface area contributed by atoms with Gasteiger partial charge >= 0.3 is 0 Å². The maximum Gasteiger partial charge on any atom is 0.128 e. The molecule has 3 rings (SSSR count). The van der Waals surface area contributed by atoms with Crippen LogP contribution in [-0.4, -0.2) is 10.1 Å². The highest BCUT2D eigenvalue weighted by molar-refractivity contribution is 7.21. The van der Waals surface area contributed by atoms with Crippen molar-refractivity contribution < 1.29 is 5.11 Å². The highest BCUT2D eigenvalue weighted by Gasteiger charge is 2.10. The summed E-state index contributed by atoms with van der Waals surface area (Å²) in [6, 6.07) is 10.5. The van der Waals surface area contributed by atoms with Gasteiger partial charge in [0.1, 0.15) is 10.8 Å². The van der Waals surface area contributed by atoms with E-state index in [1.54, 1.807) is 18.2 Å². The Hall–Kier alpha value is -2.27. The quantitative estimate of drug-likeness (QED) is 0.462. The first-order chi connectivity index (χ1) is 8.63. The molecule has 1 aromatic heterocycles. The molecule has 0 bridgehead atoms. The van der Waals surface area contributed by atoms with Crippen molar-refractivity contribution in [1.82, 2.24) is 4.98 Å². The van der Waals surface area contributed by atoms with Gasteiger partial charge in [-0.25, -0.2) is 4.98 Å².